The summed E-state index contributed by atoms with van der Waals surface area (Å²) >= 11 is 13.6. The van der Waals surface area contributed by atoms with Gasteiger partial charge in [0.05, 0.1) is 5.02 Å². The van der Waals surface area contributed by atoms with E-state index < -0.39 is 0 Å². The molecule has 1 fully saturated rings. The van der Waals surface area contributed by atoms with E-state index in [2.05, 4.69) is 16.6 Å². The number of thioether (sulfide) groups is 1. The molecule has 0 atom stereocenters. The number of rotatable bonds is 4. The van der Waals surface area contributed by atoms with Crippen molar-refractivity contribution in [1.29, 1.82) is 0 Å². The molecule has 20 heavy (non-hydrogen) atoms. The van der Waals surface area contributed by atoms with Crippen LogP contribution in [0.5, 0.6) is 0 Å². The van der Waals surface area contributed by atoms with E-state index in [1.54, 1.807) is 12.1 Å². The van der Waals surface area contributed by atoms with Crippen LogP contribution in [-0.2, 0) is 0 Å². The number of carbonyl (C=O) groups is 1. The molecule has 1 heterocycles. The molecule has 1 saturated carbocycles. The summed E-state index contributed by atoms with van der Waals surface area (Å²) in [6.07, 6.45) is 8.15. The Balaban J connectivity index is 2.02. The van der Waals surface area contributed by atoms with Crippen LogP contribution in [0.1, 0.15) is 42.6 Å². The van der Waals surface area contributed by atoms with Gasteiger partial charge in [0.2, 0.25) is 0 Å². The summed E-state index contributed by atoms with van der Waals surface area (Å²) in [7, 11) is 0. The quantitative estimate of drug-likeness (QED) is 0.841. The first-order chi connectivity index (χ1) is 9.56. The summed E-state index contributed by atoms with van der Waals surface area (Å²) in [4.78, 5) is 16.2. The number of hydrogen-bond acceptors (Lipinski definition) is 3. The van der Waals surface area contributed by atoms with E-state index in [0.29, 0.717) is 11.6 Å². The molecule has 1 amide bonds. The van der Waals surface area contributed by atoms with Crippen molar-refractivity contribution in [2.75, 3.05) is 12.8 Å². The van der Waals surface area contributed by atoms with Gasteiger partial charge in [-0.25, -0.2) is 4.98 Å². The summed E-state index contributed by atoms with van der Waals surface area (Å²) in [5.74, 6) is -0.253. The first kappa shape index (κ1) is 15.9. The van der Waals surface area contributed by atoms with Gasteiger partial charge in [-0.3, -0.25) is 4.79 Å². The second kappa shape index (κ2) is 7.01. The molecule has 1 aromatic heterocycles. The van der Waals surface area contributed by atoms with Crippen molar-refractivity contribution in [3.63, 3.8) is 0 Å². The van der Waals surface area contributed by atoms with Gasteiger partial charge in [0, 0.05) is 11.3 Å². The minimum atomic E-state index is -0.253. The Kier molecular flexibility index (Phi) is 5.58. The third-order valence-electron chi connectivity index (χ3n) is 3.80. The van der Waals surface area contributed by atoms with E-state index in [1.165, 1.54) is 19.3 Å². The molecule has 0 aromatic carbocycles. The highest BCUT2D eigenvalue weighted by molar-refractivity contribution is 8.00. The molecule has 0 unspecified atom stereocenters. The fraction of sp³-hybridized carbons (Fsp3) is 0.571. The van der Waals surface area contributed by atoms with Gasteiger partial charge in [-0.1, -0.05) is 42.5 Å². The van der Waals surface area contributed by atoms with Gasteiger partial charge in [0.1, 0.15) is 10.8 Å². The molecule has 6 heteroatoms. The van der Waals surface area contributed by atoms with Crippen molar-refractivity contribution in [3.8, 4) is 0 Å². The average molecular weight is 333 g/mol. The lowest BCUT2D eigenvalue weighted by Crippen LogP contribution is -2.42. The van der Waals surface area contributed by atoms with Crippen molar-refractivity contribution in [2.45, 2.75) is 36.9 Å². The van der Waals surface area contributed by atoms with Crippen molar-refractivity contribution in [2.24, 2.45) is 0 Å². The third kappa shape index (κ3) is 3.80. The van der Waals surface area contributed by atoms with E-state index in [4.69, 9.17) is 23.2 Å². The second-order valence-corrected chi connectivity index (χ2v) is 7.16. The predicted octanol–water partition coefficient (Wildman–Crippen LogP) is 4.18. The Bertz CT molecular complexity index is 490. The zero-order valence-electron chi connectivity index (χ0n) is 11.4. The summed E-state index contributed by atoms with van der Waals surface area (Å²) in [5.41, 5.74) is 0.200. The number of halogens is 2. The van der Waals surface area contributed by atoms with Gasteiger partial charge in [-0.05, 0) is 31.2 Å². The Hall–Kier alpha value is -0.450. The maximum absolute atomic E-state index is 12.2. The van der Waals surface area contributed by atoms with Gasteiger partial charge in [0.15, 0.2) is 0 Å². The standard InChI is InChI=1S/C14H18Cl2N2OS/c1-20-14(7-3-2-4-8-14)9-17-13(19)12-10(15)5-6-11(16)18-12/h5-6H,2-4,7-9H2,1H3,(H,17,19). The van der Waals surface area contributed by atoms with E-state index in [0.717, 1.165) is 12.8 Å². The number of amides is 1. The van der Waals surface area contributed by atoms with Crippen LogP contribution in [0.2, 0.25) is 10.2 Å². The lowest BCUT2D eigenvalue weighted by Gasteiger charge is -2.35. The fourth-order valence-electron chi connectivity index (χ4n) is 2.55. The van der Waals surface area contributed by atoms with Crippen LogP contribution in [0.25, 0.3) is 0 Å². The molecule has 1 aromatic rings. The third-order valence-corrected chi connectivity index (χ3v) is 5.73. The zero-order valence-corrected chi connectivity index (χ0v) is 13.7. The van der Waals surface area contributed by atoms with Crippen LogP contribution in [0.15, 0.2) is 12.1 Å². The molecule has 3 nitrogen and oxygen atoms in total. The van der Waals surface area contributed by atoms with Crippen molar-refractivity contribution >= 4 is 40.9 Å². The zero-order chi connectivity index (χ0) is 14.6. The molecule has 1 N–H and O–H groups in total. The Morgan fingerprint density at radius 2 is 2.05 bits per heavy atom. The van der Waals surface area contributed by atoms with Crippen LogP contribution in [0, 0.1) is 0 Å². The van der Waals surface area contributed by atoms with E-state index in [-0.39, 0.29) is 21.5 Å². The molecule has 0 saturated heterocycles. The minimum Gasteiger partial charge on any atom is -0.349 e. The van der Waals surface area contributed by atoms with E-state index >= 15 is 0 Å². The number of nitrogens with zero attached hydrogens (tertiary/aromatic N) is 1. The molecule has 110 valence electrons. The Labute approximate surface area is 133 Å². The minimum absolute atomic E-state index is 0.152. The summed E-state index contributed by atoms with van der Waals surface area (Å²) in [5, 5.41) is 3.57. The first-order valence-electron chi connectivity index (χ1n) is 6.72. The molecule has 1 aliphatic rings. The van der Waals surface area contributed by atoms with Gasteiger partial charge in [-0.2, -0.15) is 11.8 Å². The number of pyridine rings is 1. The molecule has 0 bridgehead atoms. The average Bonchev–Trinajstić information content (AvgIpc) is 2.48. The Morgan fingerprint density at radius 1 is 1.35 bits per heavy atom. The number of aromatic nitrogens is 1. The van der Waals surface area contributed by atoms with Crippen LogP contribution < -0.4 is 5.32 Å². The Morgan fingerprint density at radius 3 is 2.70 bits per heavy atom. The van der Waals surface area contributed by atoms with Gasteiger partial charge >= 0.3 is 0 Å². The van der Waals surface area contributed by atoms with E-state index in [1.807, 2.05) is 11.8 Å². The van der Waals surface area contributed by atoms with Crippen LogP contribution in [0.4, 0.5) is 0 Å². The number of hydrogen-bond donors (Lipinski definition) is 1. The van der Waals surface area contributed by atoms with Crippen LogP contribution in [-0.4, -0.2) is 28.4 Å². The first-order valence-corrected chi connectivity index (χ1v) is 8.70. The van der Waals surface area contributed by atoms with Crippen molar-refractivity contribution in [1.82, 2.24) is 10.3 Å². The molecule has 1 aliphatic carbocycles. The molecule has 0 radical (unpaired) electrons. The van der Waals surface area contributed by atoms with E-state index in [9.17, 15) is 4.79 Å². The maximum Gasteiger partial charge on any atom is 0.271 e. The fourth-order valence-corrected chi connectivity index (χ4v) is 3.80. The molecular weight excluding hydrogens is 315 g/mol. The van der Waals surface area contributed by atoms with Crippen molar-refractivity contribution < 1.29 is 4.79 Å². The maximum atomic E-state index is 12.2. The normalized spacial score (nSPS) is 17.8. The SMILES string of the molecule is CSC1(CNC(=O)c2nc(Cl)ccc2Cl)CCCCC1. The van der Waals surface area contributed by atoms with Gasteiger partial charge in [-0.15, -0.1) is 0 Å². The van der Waals surface area contributed by atoms with Crippen molar-refractivity contribution in [3.05, 3.63) is 28.0 Å². The number of nitrogens with one attached hydrogen (secondary N) is 1. The monoisotopic (exact) mass is 332 g/mol. The lowest BCUT2D eigenvalue weighted by molar-refractivity contribution is 0.0942. The highest BCUT2D eigenvalue weighted by Gasteiger charge is 2.31. The second-order valence-electron chi connectivity index (χ2n) is 5.09. The molecule has 0 aliphatic heterocycles. The molecule has 2 rings (SSSR count). The van der Waals surface area contributed by atoms with Gasteiger partial charge in [0.25, 0.3) is 5.91 Å². The highest BCUT2D eigenvalue weighted by Crippen LogP contribution is 2.38. The van der Waals surface area contributed by atoms with Crippen LogP contribution in [0.3, 0.4) is 0 Å². The van der Waals surface area contributed by atoms with Gasteiger partial charge < -0.3 is 5.32 Å². The predicted molar refractivity (Wildman–Crippen MR) is 85.9 cm³/mol. The summed E-state index contributed by atoms with van der Waals surface area (Å²) < 4.78 is 0.152. The molecular formula is C14H18Cl2N2OS. The highest BCUT2D eigenvalue weighted by atomic mass is 35.5. The molecule has 0 spiro atoms. The topological polar surface area (TPSA) is 42.0 Å². The lowest BCUT2D eigenvalue weighted by atomic mass is 9.88. The number of carbonyl (C=O) groups excluding carboxylic acids is 1. The smallest absolute Gasteiger partial charge is 0.271 e. The summed E-state index contributed by atoms with van der Waals surface area (Å²) in [6, 6.07) is 3.17. The van der Waals surface area contributed by atoms with Crippen LogP contribution >= 0.6 is 35.0 Å². The largest absolute Gasteiger partial charge is 0.349 e. The summed E-state index contributed by atoms with van der Waals surface area (Å²) in [6.45, 7) is 0.650.